The highest BCUT2D eigenvalue weighted by atomic mass is 16.2. The standard InChI is InChI=1S/C23H27N5O/c29-23(22-19-10-4-5-11-20(19)25-27-22)28-12-6-9-17(15-28)21-18(14-24-26-21)13-16-7-2-1-3-8-16/h1-3,7-8,14,17H,4-6,9-13,15H2,(H,24,26)(H,25,27)/t17-/m1/s1. The molecular weight excluding hydrogens is 362 g/mol. The molecule has 2 N–H and O–H groups in total. The van der Waals surface area contributed by atoms with E-state index in [0.717, 1.165) is 62.9 Å². The lowest BCUT2D eigenvalue weighted by atomic mass is 9.90. The van der Waals surface area contributed by atoms with E-state index in [9.17, 15) is 4.79 Å². The Morgan fingerprint density at radius 2 is 1.97 bits per heavy atom. The largest absolute Gasteiger partial charge is 0.337 e. The van der Waals surface area contributed by atoms with Crippen molar-refractivity contribution in [2.24, 2.45) is 0 Å². The predicted molar refractivity (Wildman–Crippen MR) is 111 cm³/mol. The fourth-order valence-corrected chi connectivity index (χ4v) is 4.84. The molecule has 1 amide bonds. The third-order valence-corrected chi connectivity index (χ3v) is 6.36. The molecule has 5 rings (SSSR count). The molecule has 3 aromatic rings. The van der Waals surface area contributed by atoms with E-state index in [1.54, 1.807) is 0 Å². The van der Waals surface area contributed by atoms with Crippen LogP contribution < -0.4 is 0 Å². The summed E-state index contributed by atoms with van der Waals surface area (Å²) in [6.45, 7) is 1.53. The number of benzene rings is 1. The summed E-state index contributed by atoms with van der Waals surface area (Å²) in [6, 6.07) is 10.5. The van der Waals surface area contributed by atoms with Gasteiger partial charge in [-0.15, -0.1) is 0 Å². The Labute approximate surface area is 170 Å². The van der Waals surface area contributed by atoms with Crippen molar-refractivity contribution in [3.63, 3.8) is 0 Å². The summed E-state index contributed by atoms with van der Waals surface area (Å²) in [7, 11) is 0. The second-order valence-corrected chi connectivity index (χ2v) is 8.30. The van der Waals surface area contributed by atoms with Gasteiger partial charge in [0.1, 0.15) is 0 Å². The van der Waals surface area contributed by atoms with E-state index in [2.05, 4.69) is 44.7 Å². The third kappa shape index (κ3) is 3.59. The van der Waals surface area contributed by atoms with E-state index in [1.807, 2.05) is 17.2 Å². The lowest BCUT2D eigenvalue weighted by Gasteiger charge is -2.32. The molecule has 1 saturated heterocycles. The van der Waals surface area contributed by atoms with Crippen molar-refractivity contribution in [1.29, 1.82) is 0 Å². The summed E-state index contributed by atoms with van der Waals surface area (Å²) in [4.78, 5) is 15.2. The van der Waals surface area contributed by atoms with Gasteiger partial charge in [-0.25, -0.2) is 0 Å². The van der Waals surface area contributed by atoms with Crippen molar-refractivity contribution < 1.29 is 4.79 Å². The van der Waals surface area contributed by atoms with Gasteiger partial charge in [0, 0.05) is 42.4 Å². The van der Waals surface area contributed by atoms with Crippen LogP contribution in [-0.2, 0) is 19.3 Å². The fourth-order valence-electron chi connectivity index (χ4n) is 4.84. The second-order valence-electron chi connectivity index (χ2n) is 8.30. The Bertz CT molecular complexity index is 990. The van der Waals surface area contributed by atoms with Crippen molar-refractivity contribution in [3.05, 3.63) is 70.3 Å². The number of aromatic amines is 2. The first-order chi connectivity index (χ1) is 14.3. The molecule has 150 valence electrons. The zero-order valence-corrected chi connectivity index (χ0v) is 16.7. The molecule has 6 heteroatoms. The Morgan fingerprint density at radius 1 is 1.10 bits per heavy atom. The first-order valence-electron chi connectivity index (χ1n) is 10.7. The van der Waals surface area contributed by atoms with Crippen molar-refractivity contribution in [2.75, 3.05) is 13.1 Å². The maximum Gasteiger partial charge on any atom is 0.274 e. The number of H-pyrrole nitrogens is 2. The molecule has 0 radical (unpaired) electrons. The van der Waals surface area contributed by atoms with Crippen LogP contribution in [0.2, 0.25) is 0 Å². The lowest BCUT2D eigenvalue weighted by Crippen LogP contribution is -2.40. The zero-order valence-electron chi connectivity index (χ0n) is 16.7. The monoisotopic (exact) mass is 389 g/mol. The average Bonchev–Trinajstić information content (AvgIpc) is 3.41. The molecule has 0 saturated carbocycles. The number of fused-ring (bicyclic) bond motifs is 1. The van der Waals surface area contributed by atoms with Gasteiger partial charge in [0.15, 0.2) is 5.69 Å². The molecular formula is C23H27N5O. The number of aryl methyl sites for hydroxylation is 1. The van der Waals surface area contributed by atoms with Crippen LogP contribution in [0.5, 0.6) is 0 Å². The van der Waals surface area contributed by atoms with Crippen molar-refractivity contribution in [2.45, 2.75) is 50.9 Å². The van der Waals surface area contributed by atoms with Gasteiger partial charge in [-0.3, -0.25) is 15.0 Å². The van der Waals surface area contributed by atoms with E-state index in [0.29, 0.717) is 11.6 Å². The number of nitrogens with zero attached hydrogens (tertiary/aromatic N) is 3. The van der Waals surface area contributed by atoms with Gasteiger partial charge in [-0.2, -0.15) is 10.2 Å². The topological polar surface area (TPSA) is 77.7 Å². The van der Waals surface area contributed by atoms with E-state index in [4.69, 9.17) is 0 Å². The first kappa shape index (κ1) is 18.2. The summed E-state index contributed by atoms with van der Waals surface area (Å²) in [5.74, 6) is 0.377. The van der Waals surface area contributed by atoms with E-state index in [1.165, 1.54) is 23.2 Å². The van der Waals surface area contributed by atoms with Crippen LogP contribution in [0.1, 0.15) is 70.2 Å². The molecule has 1 aliphatic carbocycles. The Balaban J connectivity index is 1.33. The number of hydrogen-bond acceptors (Lipinski definition) is 3. The molecule has 1 fully saturated rings. The molecule has 2 aliphatic rings. The molecule has 0 unspecified atom stereocenters. The van der Waals surface area contributed by atoms with Crippen molar-refractivity contribution >= 4 is 5.91 Å². The molecule has 1 aromatic carbocycles. The minimum absolute atomic E-state index is 0.0817. The van der Waals surface area contributed by atoms with Crippen LogP contribution in [0.3, 0.4) is 0 Å². The highest BCUT2D eigenvalue weighted by Crippen LogP contribution is 2.30. The number of amides is 1. The van der Waals surface area contributed by atoms with Gasteiger partial charge in [0.05, 0.1) is 6.20 Å². The van der Waals surface area contributed by atoms with Gasteiger partial charge in [-0.1, -0.05) is 30.3 Å². The van der Waals surface area contributed by atoms with Gasteiger partial charge in [0.25, 0.3) is 5.91 Å². The van der Waals surface area contributed by atoms with Crippen molar-refractivity contribution in [1.82, 2.24) is 25.3 Å². The normalized spacial score (nSPS) is 19.2. The van der Waals surface area contributed by atoms with Gasteiger partial charge in [0.2, 0.25) is 0 Å². The van der Waals surface area contributed by atoms with E-state index >= 15 is 0 Å². The molecule has 0 bridgehead atoms. The number of hydrogen-bond donors (Lipinski definition) is 2. The minimum atomic E-state index is 0.0817. The summed E-state index contributed by atoms with van der Waals surface area (Å²) in [5, 5.41) is 15.1. The van der Waals surface area contributed by atoms with E-state index in [-0.39, 0.29) is 5.91 Å². The summed E-state index contributed by atoms with van der Waals surface area (Å²) in [5.41, 5.74) is 6.64. The van der Waals surface area contributed by atoms with Gasteiger partial charge >= 0.3 is 0 Å². The number of piperidine rings is 1. The number of carbonyl (C=O) groups excluding carboxylic acids is 1. The third-order valence-electron chi connectivity index (χ3n) is 6.36. The molecule has 6 nitrogen and oxygen atoms in total. The summed E-state index contributed by atoms with van der Waals surface area (Å²) < 4.78 is 0. The van der Waals surface area contributed by atoms with Crippen LogP contribution >= 0.6 is 0 Å². The molecule has 3 heterocycles. The number of carbonyl (C=O) groups is 1. The maximum absolute atomic E-state index is 13.2. The molecule has 0 spiro atoms. The maximum atomic E-state index is 13.2. The predicted octanol–water partition coefficient (Wildman–Crippen LogP) is 3.62. The number of aromatic nitrogens is 4. The smallest absolute Gasteiger partial charge is 0.274 e. The summed E-state index contributed by atoms with van der Waals surface area (Å²) in [6.07, 6.45) is 9.18. The summed E-state index contributed by atoms with van der Waals surface area (Å²) >= 11 is 0. The first-order valence-corrected chi connectivity index (χ1v) is 10.7. The Kier molecular flexibility index (Phi) is 4.92. The number of nitrogens with one attached hydrogen (secondary N) is 2. The lowest BCUT2D eigenvalue weighted by molar-refractivity contribution is 0.0698. The second kappa shape index (κ2) is 7.85. The van der Waals surface area contributed by atoms with Gasteiger partial charge in [-0.05, 0) is 49.7 Å². The SMILES string of the molecule is O=C(c1n[nH]c2c1CCCC2)N1CCC[C@@H](c2[nH]ncc2Cc2ccccc2)C1. The Hall–Kier alpha value is -2.89. The molecule has 29 heavy (non-hydrogen) atoms. The minimum Gasteiger partial charge on any atom is -0.337 e. The van der Waals surface area contributed by atoms with Crippen LogP contribution in [-0.4, -0.2) is 44.3 Å². The fraction of sp³-hybridized carbons (Fsp3) is 0.435. The van der Waals surface area contributed by atoms with Crippen LogP contribution in [0, 0.1) is 0 Å². The number of rotatable bonds is 4. The van der Waals surface area contributed by atoms with Crippen LogP contribution in [0.25, 0.3) is 0 Å². The van der Waals surface area contributed by atoms with Crippen LogP contribution in [0.4, 0.5) is 0 Å². The average molecular weight is 390 g/mol. The molecule has 1 atom stereocenters. The van der Waals surface area contributed by atoms with Crippen molar-refractivity contribution in [3.8, 4) is 0 Å². The zero-order chi connectivity index (χ0) is 19.6. The Morgan fingerprint density at radius 3 is 2.86 bits per heavy atom. The highest BCUT2D eigenvalue weighted by molar-refractivity contribution is 5.94. The van der Waals surface area contributed by atoms with Gasteiger partial charge < -0.3 is 4.90 Å². The highest BCUT2D eigenvalue weighted by Gasteiger charge is 2.31. The quantitative estimate of drug-likeness (QED) is 0.715. The van der Waals surface area contributed by atoms with Crippen LogP contribution in [0.15, 0.2) is 36.5 Å². The number of likely N-dealkylation sites (tertiary alicyclic amines) is 1. The molecule has 2 aromatic heterocycles. The van der Waals surface area contributed by atoms with E-state index < -0.39 is 0 Å². The molecule has 1 aliphatic heterocycles.